The van der Waals surface area contributed by atoms with E-state index >= 15 is 0 Å². The van der Waals surface area contributed by atoms with Gasteiger partial charge in [-0.2, -0.15) is 0 Å². The largest absolute Gasteiger partial charge is 0.497 e. The summed E-state index contributed by atoms with van der Waals surface area (Å²) in [6, 6.07) is 15.8. The molecule has 30 heavy (non-hydrogen) atoms. The van der Waals surface area contributed by atoms with Crippen molar-refractivity contribution in [2.75, 3.05) is 40.0 Å². The van der Waals surface area contributed by atoms with Crippen LogP contribution in [0.5, 0.6) is 11.5 Å². The molecule has 1 aliphatic carbocycles. The van der Waals surface area contributed by atoms with E-state index in [0.29, 0.717) is 12.5 Å². The molecule has 5 rings (SSSR count). The monoisotopic (exact) mass is 408 g/mol. The molecule has 2 aromatic carbocycles. The fourth-order valence-corrected chi connectivity index (χ4v) is 4.75. The number of morpholine rings is 1. The van der Waals surface area contributed by atoms with Crippen molar-refractivity contribution in [1.82, 2.24) is 10.2 Å². The Labute approximate surface area is 179 Å². The lowest BCUT2D eigenvalue weighted by Gasteiger charge is -2.33. The summed E-state index contributed by atoms with van der Waals surface area (Å²) < 4.78 is 17.4. The number of benzene rings is 2. The van der Waals surface area contributed by atoms with Crippen molar-refractivity contribution < 1.29 is 14.2 Å². The highest BCUT2D eigenvalue weighted by atomic mass is 16.5. The highest BCUT2D eigenvalue weighted by Gasteiger charge is 2.33. The van der Waals surface area contributed by atoms with Gasteiger partial charge in [-0.25, -0.2) is 0 Å². The third-order valence-electron chi connectivity index (χ3n) is 6.57. The van der Waals surface area contributed by atoms with Crippen molar-refractivity contribution in [2.24, 2.45) is 0 Å². The van der Waals surface area contributed by atoms with Crippen LogP contribution in [0, 0.1) is 0 Å². The van der Waals surface area contributed by atoms with Crippen LogP contribution in [0.15, 0.2) is 42.5 Å². The SMILES string of the molecule is COc1ccc(CC2CNCc3cc(OC[C@H]4CN(C5CC5)CCO4)ccc32)cc1. The van der Waals surface area contributed by atoms with Gasteiger partial charge in [0, 0.05) is 38.1 Å². The minimum Gasteiger partial charge on any atom is -0.497 e. The average Bonchev–Trinajstić information content (AvgIpc) is 3.64. The van der Waals surface area contributed by atoms with Gasteiger partial charge in [-0.3, -0.25) is 4.90 Å². The molecular weight excluding hydrogens is 376 g/mol. The van der Waals surface area contributed by atoms with Crippen molar-refractivity contribution in [3.8, 4) is 11.5 Å². The molecule has 2 aliphatic heterocycles. The lowest BCUT2D eigenvalue weighted by atomic mass is 9.86. The van der Waals surface area contributed by atoms with Gasteiger partial charge >= 0.3 is 0 Å². The maximum absolute atomic E-state index is 6.15. The molecule has 1 unspecified atom stereocenters. The van der Waals surface area contributed by atoms with Gasteiger partial charge in [0.1, 0.15) is 24.2 Å². The Balaban J connectivity index is 1.20. The smallest absolute Gasteiger partial charge is 0.119 e. The second-order valence-electron chi connectivity index (χ2n) is 8.77. The standard InChI is InChI=1S/C25H32N2O3/c1-28-22-6-2-18(3-7-22)12-19-14-26-15-20-13-23(8-9-25(19)20)30-17-24-16-27(10-11-29-24)21-4-5-21/h2-3,6-9,13,19,21,24,26H,4-5,10-12,14-17H2,1H3/t19?,24-/m1/s1. The summed E-state index contributed by atoms with van der Waals surface area (Å²) in [7, 11) is 1.71. The zero-order valence-electron chi connectivity index (χ0n) is 17.8. The molecule has 3 aliphatic rings. The molecule has 2 fully saturated rings. The van der Waals surface area contributed by atoms with E-state index in [1.54, 1.807) is 7.11 Å². The lowest BCUT2D eigenvalue weighted by Crippen LogP contribution is -2.45. The minimum atomic E-state index is 0.177. The molecule has 0 aromatic heterocycles. The Morgan fingerprint density at radius 1 is 1.10 bits per heavy atom. The summed E-state index contributed by atoms with van der Waals surface area (Å²) >= 11 is 0. The van der Waals surface area contributed by atoms with Crippen LogP contribution in [0.4, 0.5) is 0 Å². The molecule has 0 spiro atoms. The van der Waals surface area contributed by atoms with E-state index in [4.69, 9.17) is 14.2 Å². The van der Waals surface area contributed by atoms with Crippen molar-refractivity contribution >= 4 is 0 Å². The van der Waals surface area contributed by atoms with Crippen LogP contribution in [0.2, 0.25) is 0 Å². The maximum atomic E-state index is 6.15. The van der Waals surface area contributed by atoms with E-state index in [-0.39, 0.29) is 6.10 Å². The molecule has 1 saturated carbocycles. The highest BCUT2D eigenvalue weighted by Crippen LogP contribution is 2.31. The van der Waals surface area contributed by atoms with Crippen LogP contribution >= 0.6 is 0 Å². The second kappa shape index (κ2) is 8.96. The first kappa shape index (κ1) is 19.9. The number of rotatable bonds is 7. The third kappa shape index (κ3) is 4.64. The van der Waals surface area contributed by atoms with Gasteiger partial charge in [-0.05, 0) is 60.2 Å². The Morgan fingerprint density at radius 3 is 2.73 bits per heavy atom. The Hall–Kier alpha value is -2.08. The van der Waals surface area contributed by atoms with E-state index in [9.17, 15) is 0 Å². The number of hydrogen-bond acceptors (Lipinski definition) is 5. The average molecular weight is 409 g/mol. The topological polar surface area (TPSA) is 43.0 Å². The molecule has 2 atom stereocenters. The fourth-order valence-electron chi connectivity index (χ4n) is 4.75. The highest BCUT2D eigenvalue weighted by molar-refractivity contribution is 5.40. The molecule has 1 N–H and O–H groups in total. The predicted molar refractivity (Wildman–Crippen MR) is 117 cm³/mol. The minimum absolute atomic E-state index is 0.177. The number of nitrogens with one attached hydrogen (secondary N) is 1. The quantitative estimate of drug-likeness (QED) is 0.761. The summed E-state index contributed by atoms with van der Waals surface area (Å²) in [4.78, 5) is 2.57. The first-order valence-corrected chi connectivity index (χ1v) is 11.2. The molecule has 5 heteroatoms. The van der Waals surface area contributed by atoms with Gasteiger partial charge < -0.3 is 19.5 Å². The number of methoxy groups -OCH3 is 1. The van der Waals surface area contributed by atoms with Gasteiger partial charge in [-0.15, -0.1) is 0 Å². The molecule has 160 valence electrons. The van der Waals surface area contributed by atoms with Crippen molar-refractivity contribution in [2.45, 2.75) is 43.9 Å². The Morgan fingerprint density at radius 2 is 1.93 bits per heavy atom. The van der Waals surface area contributed by atoms with Gasteiger partial charge in [-0.1, -0.05) is 18.2 Å². The molecule has 1 saturated heterocycles. The number of ether oxygens (including phenoxy) is 3. The molecule has 2 aromatic rings. The number of fused-ring (bicyclic) bond motifs is 1. The second-order valence-corrected chi connectivity index (χ2v) is 8.77. The summed E-state index contributed by atoms with van der Waals surface area (Å²) in [6.45, 7) is 5.44. The first-order chi connectivity index (χ1) is 14.8. The summed E-state index contributed by atoms with van der Waals surface area (Å²) in [6.07, 6.45) is 3.90. The van der Waals surface area contributed by atoms with Crippen molar-refractivity contribution in [3.63, 3.8) is 0 Å². The van der Waals surface area contributed by atoms with Crippen molar-refractivity contribution in [1.29, 1.82) is 0 Å². The molecule has 2 heterocycles. The van der Waals surface area contributed by atoms with Crippen LogP contribution < -0.4 is 14.8 Å². The van der Waals surface area contributed by atoms with Crippen molar-refractivity contribution in [3.05, 3.63) is 59.2 Å². The lowest BCUT2D eigenvalue weighted by molar-refractivity contribution is -0.0504. The van der Waals surface area contributed by atoms with Gasteiger partial charge in [0.2, 0.25) is 0 Å². The zero-order chi connectivity index (χ0) is 20.3. The first-order valence-electron chi connectivity index (χ1n) is 11.2. The van der Waals surface area contributed by atoms with E-state index in [1.165, 1.54) is 29.5 Å². The zero-order valence-corrected chi connectivity index (χ0v) is 17.8. The van der Waals surface area contributed by atoms with E-state index in [1.807, 2.05) is 12.1 Å². The molecule has 5 nitrogen and oxygen atoms in total. The predicted octanol–water partition coefficient (Wildman–Crippen LogP) is 3.37. The third-order valence-corrected chi connectivity index (χ3v) is 6.57. The molecule has 0 radical (unpaired) electrons. The van der Waals surface area contributed by atoms with Gasteiger partial charge in [0.05, 0.1) is 13.7 Å². The Bertz CT molecular complexity index is 850. The Kier molecular flexibility index (Phi) is 5.93. The molecule has 0 amide bonds. The van der Waals surface area contributed by atoms with Gasteiger partial charge in [0.15, 0.2) is 0 Å². The number of nitrogens with zero attached hydrogens (tertiary/aromatic N) is 1. The maximum Gasteiger partial charge on any atom is 0.119 e. The van der Waals surface area contributed by atoms with Crippen LogP contribution in [0.25, 0.3) is 0 Å². The van der Waals surface area contributed by atoms with Crippen LogP contribution in [-0.4, -0.2) is 57.0 Å². The van der Waals surface area contributed by atoms with E-state index in [0.717, 1.165) is 56.7 Å². The normalized spacial score (nSPS) is 24.3. The molecular formula is C25H32N2O3. The van der Waals surface area contributed by atoms with E-state index in [2.05, 4.69) is 40.5 Å². The van der Waals surface area contributed by atoms with E-state index < -0.39 is 0 Å². The van der Waals surface area contributed by atoms with Gasteiger partial charge in [0.25, 0.3) is 0 Å². The van der Waals surface area contributed by atoms with Crippen LogP contribution in [-0.2, 0) is 17.7 Å². The summed E-state index contributed by atoms with van der Waals surface area (Å²) in [5.74, 6) is 2.34. The van der Waals surface area contributed by atoms with Crippen LogP contribution in [0.1, 0.15) is 35.4 Å². The fraction of sp³-hybridized carbons (Fsp3) is 0.520. The summed E-state index contributed by atoms with van der Waals surface area (Å²) in [5, 5.41) is 3.58. The number of hydrogen-bond donors (Lipinski definition) is 1. The molecule has 0 bridgehead atoms. The summed E-state index contributed by atoms with van der Waals surface area (Å²) in [5.41, 5.74) is 4.12. The van der Waals surface area contributed by atoms with Crippen LogP contribution in [0.3, 0.4) is 0 Å².